The number of benzene rings is 1. The van der Waals surface area contributed by atoms with E-state index in [2.05, 4.69) is 13.8 Å². The molecule has 0 saturated carbocycles. The molecule has 5 heteroatoms. The molecule has 0 radical (unpaired) electrons. The van der Waals surface area contributed by atoms with Crippen molar-refractivity contribution < 1.29 is 24.5 Å². The fourth-order valence-corrected chi connectivity index (χ4v) is 3.86. The molecule has 172 valence electrons. The Morgan fingerprint density at radius 2 is 1.37 bits per heavy atom. The molecule has 0 atom stereocenters. The third-order valence-electron chi connectivity index (χ3n) is 5.48. The quantitative estimate of drug-likeness (QED) is 0.153. The SMILES string of the molecule is CCCCCCCCc1cc(OC(=O)O)c(O)c(OCC)c1CCCCCCCC. The summed E-state index contributed by atoms with van der Waals surface area (Å²) in [6, 6.07) is 1.70. The zero-order valence-electron chi connectivity index (χ0n) is 19.3. The van der Waals surface area contributed by atoms with Crippen molar-refractivity contribution in [2.24, 2.45) is 0 Å². The maximum Gasteiger partial charge on any atom is 0.511 e. The molecule has 1 aromatic carbocycles. The Morgan fingerprint density at radius 3 is 1.90 bits per heavy atom. The minimum Gasteiger partial charge on any atom is -0.502 e. The monoisotopic (exact) mass is 422 g/mol. The van der Waals surface area contributed by atoms with Gasteiger partial charge in [-0.2, -0.15) is 0 Å². The van der Waals surface area contributed by atoms with Gasteiger partial charge in [0.25, 0.3) is 0 Å². The molecule has 0 aliphatic heterocycles. The number of carboxylic acid groups (broad SMARTS) is 1. The Balaban J connectivity index is 2.95. The fraction of sp³-hybridized carbons (Fsp3) is 0.720. The molecule has 0 spiro atoms. The van der Waals surface area contributed by atoms with Crippen molar-refractivity contribution in [3.8, 4) is 17.2 Å². The lowest BCUT2D eigenvalue weighted by molar-refractivity contribution is 0.142. The Kier molecular flexibility index (Phi) is 13.8. The van der Waals surface area contributed by atoms with Gasteiger partial charge in [0.15, 0.2) is 11.5 Å². The van der Waals surface area contributed by atoms with Crippen LogP contribution in [-0.4, -0.2) is 23.0 Å². The highest BCUT2D eigenvalue weighted by Crippen LogP contribution is 2.43. The molecule has 0 bridgehead atoms. The van der Waals surface area contributed by atoms with E-state index in [0.29, 0.717) is 12.4 Å². The van der Waals surface area contributed by atoms with Crippen LogP contribution < -0.4 is 9.47 Å². The van der Waals surface area contributed by atoms with Gasteiger partial charge in [-0.3, -0.25) is 0 Å². The maximum absolute atomic E-state index is 11.1. The van der Waals surface area contributed by atoms with E-state index in [0.717, 1.165) is 49.7 Å². The Bertz CT molecular complexity index is 612. The molecule has 30 heavy (non-hydrogen) atoms. The standard InChI is InChI=1S/C25H42O5/c1-4-7-9-11-13-15-17-20-19-22(30-25(27)28)23(26)24(29-6-3)21(20)18-16-14-12-10-8-5-2/h19,26H,4-18H2,1-3H3,(H,27,28). The van der Waals surface area contributed by atoms with Crippen molar-refractivity contribution in [3.63, 3.8) is 0 Å². The molecule has 5 nitrogen and oxygen atoms in total. The first-order valence-corrected chi connectivity index (χ1v) is 12.0. The van der Waals surface area contributed by atoms with Gasteiger partial charge in [-0.15, -0.1) is 0 Å². The first-order chi connectivity index (χ1) is 14.5. The highest BCUT2D eigenvalue weighted by atomic mass is 16.7. The zero-order valence-corrected chi connectivity index (χ0v) is 19.3. The summed E-state index contributed by atoms with van der Waals surface area (Å²) in [7, 11) is 0. The second-order valence-electron chi connectivity index (χ2n) is 8.03. The molecule has 1 rings (SSSR count). The van der Waals surface area contributed by atoms with Gasteiger partial charge >= 0.3 is 6.16 Å². The molecule has 0 aliphatic rings. The summed E-state index contributed by atoms with van der Waals surface area (Å²) in [5.41, 5.74) is 2.05. The summed E-state index contributed by atoms with van der Waals surface area (Å²) >= 11 is 0. The molecule has 0 heterocycles. The second-order valence-corrected chi connectivity index (χ2v) is 8.03. The van der Waals surface area contributed by atoms with Gasteiger partial charge in [0.1, 0.15) is 0 Å². The third kappa shape index (κ3) is 9.73. The highest BCUT2D eigenvalue weighted by molar-refractivity contribution is 5.66. The lowest BCUT2D eigenvalue weighted by Gasteiger charge is -2.19. The number of aromatic hydroxyl groups is 1. The number of hydrogen-bond acceptors (Lipinski definition) is 4. The van der Waals surface area contributed by atoms with E-state index in [1.807, 2.05) is 6.92 Å². The Morgan fingerprint density at radius 1 is 0.833 bits per heavy atom. The number of phenolic OH excluding ortho intramolecular Hbond substituents is 1. The van der Waals surface area contributed by atoms with Crippen LogP contribution >= 0.6 is 0 Å². The molecular weight excluding hydrogens is 380 g/mol. The van der Waals surface area contributed by atoms with Gasteiger partial charge in [-0.25, -0.2) is 4.79 Å². The van der Waals surface area contributed by atoms with Crippen LogP contribution in [0.25, 0.3) is 0 Å². The average molecular weight is 423 g/mol. The Hall–Kier alpha value is -1.91. The average Bonchev–Trinajstić information content (AvgIpc) is 2.71. The van der Waals surface area contributed by atoms with E-state index in [-0.39, 0.29) is 11.5 Å². The summed E-state index contributed by atoms with van der Waals surface area (Å²) in [6.45, 7) is 6.70. The smallest absolute Gasteiger partial charge is 0.502 e. The van der Waals surface area contributed by atoms with Crippen molar-refractivity contribution in [2.75, 3.05) is 6.61 Å². The van der Waals surface area contributed by atoms with Crippen molar-refractivity contribution in [2.45, 2.75) is 111 Å². The number of carbonyl (C=O) groups is 1. The van der Waals surface area contributed by atoms with E-state index >= 15 is 0 Å². The lowest BCUT2D eigenvalue weighted by atomic mass is 9.94. The van der Waals surface area contributed by atoms with Crippen LogP contribution in [0.3, 0.4) is 0 Å². The summed E-state index contributed by atoms with van der Waals surface area (Å²) in [4.78, 5) is 11.1. The molecule has 0 aromatic heterocycles. The number of phenols is 1. The number of unbranched alkanes of at least 4 members (excludes halogenated alkanes) is 10. The molecule has 0 fully saturated rings. The molecule has 1 aromatic rings. The van der Waals surface area contributed by atoms with Crippen LogP contribution in [0.4, 0.5) is 4.79 Å². The van der Waals surface area contributed by atoms with Gasteiger partial charge in [0, 0.05) is 5.56 Å². The number of hydrogen-bond donors (Lipinski definition) is 2. The van der Waals surface area contributed by atoms with E-state index in [4.69, 9.17) is 14.6 Å². The van der Waals surface area contributed by atoms with Crippen LogP contribution in [0, 0.1) is 0 Å². The molecule has 0 unspecified atom stereocenters. The molecule has 0 aliphatic carbocycles. The van der Waals surface area contributed by atoms with Crippen molar-refractivity contribution in [3.05, 3.63) is 17.2 Å². The van der Waals surface area contributed by atoms with Crippen LogP contribution in [0.5, 0.6) is 17.2 Å². The summed E-state index contributed by atoms with van der Waals surface area (Å²) in [6.07, 6.45) is 14.6. The third-order valence-corrected chi connectivity index (χ3v) is 5.48. The minimum atomic E-state index is -1.43. The predicted octanol–water partition coefficient (Wildman–Crippen LogP) is 7.65. The van der Waals surface area contributed by atoms with Gasteiger partial charge in [0.2, 0.25) is 5.75 Å². The molecule has 0 amide bonds. The normalized spacial score (nSPS) is 10.9. The Labute approximate surface area is 182 Å². The number of aryl methyl sites for hydroxylation is 1. The van der Waals surface area contributed by atoms with Gasteiger partial charge < -0.3 is 19.7 Å². The zero-order chi connectivity index (χ0) is 22.2. The van der Waals surface area contributed by atoms with E-state index in [1.54, 1.807) is 6.07 Å². The van der Waals surface area contributed by atoms with Crippen LogP contribution in [0.15, 0.2) is 6.07 Å². The van der Waals surface area contributed by atoms with Crippen LogP contribution in [0.2, 0.25) is 0 Å². The van der Waals surface area contributed by atoms with Gasteiger partial charge in [-0.05, 0) is 44.2 Å². The summed E-state index contributed by atoms with van der Waals surface area (Å²) in [5.74, 6) is 0.163. The topological polar surface area (TPSA) is 76.0 Å². The molecule has 2 N–H and O–H groups in total. The fourth-order valence-electron chi connectivity index (χ4n) is 3.86. The second kappa shape index (κ2) is 15.9. The number of rotatable bonds is 17. The van der Waals surface area contributed by atoms with Gasteiger partial charge in [-0.1, -0.05) is 78.1 Å². The van der Waals surface area contributed by atoms with E-state index in [9.17, 15) is 9.90 Å². The first kappa shape index (κ1) is 26.1. The first-order valence-electron chi connectivity index (χ1n) is 12.0. The molecule has 0 saturated heterocycles. The predicted molar refractivity (Wildman–Crippen MR) is 122 cm³/mol. The maximum atomic E-state index is 11.1. The van der Waals surface area contributed by atoms with Crippen LogP contribution in [0.1, 0.15) is 109 Å². The van der Waals surface area contributed by atoms with Crippen molar-refractivity contribution in [1.29, 1.82) is 0 Å². The highest BCUT2D eigenvalue weighted by Gasteiger charge is 2.21. The lowest BCUT2D eigenvalue weighted by Crippen LogP contribution is -2.08. The molecular formula is C25H42O5. The van der Waals surface area contributed by atoms with Crippen molar-refractivity contribution >= 4 is 6.16 Å². The number of ether oxygens (including phenoxy) is 2. The van der Waals surface area contributed by atoms with E-state index < -0.39 is 6.16 Å². The summed E-state index contributed by atoms with van der Waals surface area (Å²) < 4.78 is 10.6. The summed E-state index contributed by atoms with van der Waals surface area (Å²) in [5, 5.41) is 19.6. The van der Waals surface area contributed by atoms with E-state index in [1.165, 1.54) is 51.4 Å². The van der Waals surface area contributed by atoms with Gasteiger partial charge in [0.05, 0.1) is 6.61 Å². The van der Waals surface area contributed by atoms with Crippen molar-refractivity contribution in [1.82, 2.24) is 0 Å². The van der Waals surface area contributed by atoms with Crippen LogP contribution in [-0.2, 0) is 12.8 Å². The minimum absolute atomic E-state index is 0.0290. The largest absolute Gasteiger partial charge is 0.511 e.